The summed E-state index contributed by atoms with van der Waals surface area (Å²) in [5.74, 6) is 0.983. The third kappa shape index (κ3) is 4.01. The Bertz CT molecular complexity index is 364. The Morgan fingerprint density at radius 3 is 2.89 bits per heavy atom. The molecule has 1 atom stereocenters. The summed E-state index contributed by atoms with van der Waals surface area (Å²) in [6.45, 7) is 3.22. The van der Waals surface area contributed by atoms with Gasteiger partial charge in [0.25, 0.3) is 0 Å². The van der Waals surface area contributed by atoms with E-state index in [0.29, 0.717) is 11.3 Å². The fourth-order valence-electron chi connectivity index (χ4n) is 2.64. The van der Waals surface area contributed by atoms with Crippen molar-refractivity contribution in [3.05, 3.63) is 23.1 Å². The monoisotopic (exact) mass is 270 g/mol. The summed E-state index contributed by atoms with van der Waals surface area (Å²) in [7, 11) is 4.28. The molecule has 3 nitrogen and oxygen atoms in total. The van der Waals surface area contributed by atoms with Gasteiger partial charge < -0.3 is 9.32 Å². The lowest BCUT2D eigenvalue weighted by Crippen LogP contribution is -2.40. The van der Waals surface area contributed by atoms with E-state index in [0.717, 1.165) is 18.8 Å². The van der Waals surface area contributed by atoms with Gasteiger partial charge in [-0.1, -0.05) is 6.42 Å². The Balaban J connectivity index is 1.90. The van der Waals surface area contributed by atoms with Crippen LogP contribution in [0.25, 0.3) is 0 Å². The Morgan fingerprint density at radius 2 is 2.22 bits per heavy atom. The van der Waals surface area contributed by atoms with Crippen LogP contribution >= 0.6 is 11.6 Å². The highest BCUT2D eigenvalue weighted by atomic mass is 35.5. The number of piperidine rings is 1. The average molecular weight is 271 g/mol. The number of hydrogen-bond donors (Lipinski definition) is 0. The second kappa shape index (κ2) is 6.60. The first-order chi connectivity index (χ1) is 8.65. The molecular formula is C14H23ClN2O. The Kier molecular flexibility index (Phi) is 5.10. The first kappa shape index (κ1) is 13.9. The summed E-state index contributed by atoms with van der Waals surface area (Å²) < 4.78 is 5.47. The van der Waals surface area contributed by atoms with Gasteiger partial charge in [0.05, 0.1) is 6.54 Å². The van der Waals surface area contributed by atoms with E-state index in [-0.39, 0.29) is 0 Å². The van der Waals surface area contributed by atoms with E-state index in [4.69, 9.17) is 16.0 Å². The first-order valence-electron chi connectivity index (χ1n) is 6.78. The second-order valence-electron chi connectivity index (χ2n) is 5.42. The predicted octanol–water partition coefficient (Wildman–Crippen LogP) is 3.24. The van der Waals surface area contributed by atoms with E-state index in [9.17, 15) is 0 Å². The first-order valence-corrected chi connectivity index (χ1v) is 7.16. The highest BCUT2D eigenvalue weighted by Crippen LogP contribution is 2.23. The molecule has 1 aliphatic rings. The summed E-state index contributed by atoms with van der Waals surface area (Å²) >= 11 is 5.83. The van der Waals surface area contributed by atoms with Crippen LogP contribution in [0.3, 0.4) is 0 Å². The fraction of sp³-hybridized carbons (Fsp3) is 0.714. The zero-order valence-corrected chi connectivity index (χ0v) is 12.1. The standard InChI is InChI=1S/C14H23ClN2O/c1-16(2)10-8-12-5-3-4-9-17(12)11-13-6-7-14(15)18-13/h6-7,12H,3-5,8-11H2,1-2H3/t12-/m1/s1. The van der Waals surface area contributed by atoms with Gasteiger partial charge in [-0.2, -0.15) is 0 Å². The predicted molar refractivity (Wildman–Crippen MR) is 74.9 cm³/mol. The van der Waals surface area contributed by atoms with Crippen LogP contribution in [0.5, 0.6) is 0 Å². The number of furan rings is 1. The van der Waals surface area contributed by atoms with E-state index in [1.807, 2.05) is 12.1 Å². The van der Waals surface area contributed by atoms with Crippen molar-refractivity contribution in [1.82, 2.24) is 9.80 Å². The summed E-state index contributed by atoms with van der Waals surface area (Å²) in [6, 6.07) is 4.50. The lowest BCUT2D eigenvalue weighted by molar-refractivity contribution is 0.116. The van der Waals surface area contributed by atoms with E-state index >= 15 is 0 Å². The molecule has 102 valence electrons. The Hall–Kier alpha value is -0.510. The van der Waals surface area contributed by atoms with Crippen molar-refractivity contribution in [2.24, 2.45) is 0 Å². The minimum atomic E-state index is 0.492. The van der Waals surface area contributed by atoms with E-state index < -0.39 is 0 Å². The number of nitrogens with zero attached hydrogens (tertiary/aromatic N) is 2. The Labute approximate surface area is 115 Å². The van der Waals surface area contributed by atoms with Crippen LogP contribution in [-0.4, -0.2) is 43.0 Å². The highest BCUT2D eigenvalue weighted by Gasteiger charge is 2.23. The lowest BCUT2D eigenvalue weighted by atomic mass is 9.99. The molecule has 1 fully saturated rings. The molecular weight excluding hydrogens is 248 g/mol. The van der Waals surface area contributed by atoms with Gasteiger partial charge in [-0.3, -0.25) is 4.90 Å². The summed E-state index contributed by atoms with van der Waals surface area (Å²) in [4.78, 5) is 4.80. The molecule has 0 saturated carbocycles. The molecule has 2 heterocycles. The van der Waals surface area contributed by atoms with Crippen molar-refractivity contribution in [2.75, 3.05) is 27.2 Å². The molecule has 0 spiro atoms. The van der Waals surface area contributed by atoms with Crippen molar-refractivity contribution in [3.8, 4) is 0 Å². The summed E-state index contributed by atoms with van der Waals surface area (Å²) in [5, 5.41) is 0.492. The van der Waals surface area contributed by atoms with Crippen LogP contribution < -0.4 is 0 Å². The van der Waals surface area contributed by atoms with Crippen molar-refractivity contribution >= 4 is 11.6 Å². The Morgan fingerprint density at radius 1 is 1.39 bits per heavy atom. The van der Waals surface area contributed by atoms with Crippen LogP contribution in [0.1, 0.15) is 31.4 Å². The molecule has 0 bridgehead atoms. The van der Waals surface area contributed by atoms with Crippen LogP contribution in [0.2, 0.25) is 5.22 Å². The normalized spacial score (nSPS) is 21.7. The highest BCUT2D eigenvalue weighted by molar-refractivity contribution is 6.28. The molecule has 2 rings (SSSR count). The maximum absolute atomic E-state index is 5.83. The maximum atomic E-state index is 5.83. The van der Waals surface area contributed by atoms with Crippen molar-refractivity contribution in [2.45, 2.75) is 38.3 Å². The van der Waals surface area contributed by atoms with Gasteiger partial charge in [-0.05, 0) is 70.2 Å². The third-order valence-corrected chi connectivity index (χ3v) is 3.85. The SMILES string of the molecule is CN(C)CC[C@H]1CCCCN1Cc1ccc(Cl)o1. The number of likely N-dealkylation sites (tertiary alicyclic amines) is 1. The zero-order chi connectivity index (χ0) is 13.0. The average Bonchev–Trinajstić information content (AvgIpc) is 2.73. The largest absolute Gasteiger partial charge is 0.448 e. The van der Waals surface area contributed by atoms with E-state index in [1.165, 1.54) is 32.2 Å². The van der Waals surface area contributed by atoms with E-state index in [2.05, 4.69) is 23.9 Å². The minimum Gasteiger partial charge on any atom is -0.448 e. The molecule has 0 aliphatic carbocycles. The van der Waals surface area contributed by atoms with Gasteiger partial charge >= 0.3 is 0 Å². The zero-order valence-electron chi connectivity index (χ0n) is 11.4. The molecule has 0 unspecified atom stereocenters. The van der Waals surface area contributed by atoms with Gasteiger partial charge in [0.2, 0.25) is 0 Å². The lowest BCUT2D eigenvalue weighted by Gasteiger charge is -2.35. The fourth-order valence-corrected chi connectivity index (χ4v) is 2.80. The van der Waals surface area contributed by atoms with Crippen LogP contribution in [0, 0.1) is 0 Å². The van der Waals surface area contributed by atoms with Crippen molar-refractivity contribution < 1.29 is 4.42 Å². The van der Waals surface area contributed by atoms with Crippen molar-refractivity contribution in [1.29, 1.82) is 0 Å². The molecule has 1 aliphatic heterocycles. The van der Waals surface area contributed by atoms with Gasteiger partial charge in [-0.15, -0.1) is 0 Å². The minimum absolute atomic E-state index is 0.492. The maximum Gasteiger partial charge on any atom is 0.193 e. The molecule has 4 heteroatoms. The van der Waals surface area contributed by atoms with Crippen LogP contribution in [0.15, 0.2) is 16.5 Å². The smallest absolute Gasteiger partial charge is 0.193 e. The van der Waals surface area contributed by atoms with Gasteiger partial charge in [0.1, 0.15) is 5.76 Å². The van der Waals surface area contributed by atoms with Gasteiger partial charge in [0, 0.05) is 6.04 Å². The molecule has 0 radical (unpaired) electrons. The summed E-state index contributed by atoms with van der Waals surface area (Å²) in [6.07, 6.45) is 5.20. The second-order valence-corrected chi connectivity index (χ2v) is 5.79. The number of halogens is 1. The molecule has 1 aromatic heterocycles. The molecule has 0 amide bonds. The van der Waals surface area contributed by atoms with Crippen LogP contribution in [0.4, 0.5) is 0 Å². The molecule has 18 heavy (non-hydrogen) atoms. The van der Waals surface area contributed by atoms with Gasteiger partial charge in [0.15, 0.2) is 5.22 Å². The topological polar surface area (TPSA) is 19.6 Å². The molecule has 1 saturated heterocycles. The van der Waals surface area contributed by atoms with E-state index in [1.54, 1.807) is 0 Å². The summed E-state index contributed by atoms with van der Waals surface area (Å²) in [5.41, 5.74) is 0. The number of rotatable bonds is 5. The van der Waals surface area contributed by atoms with Crippen molar-refractivity contribution in [3.63, 3.8) is 0 Å². The van der Waals surface area contributed by atoms with Gasteiger partial charge in [-0.25, -0.2) is 0 Å². The third-order valence-electron chi connectivity index (χ3n) is 3.65. The molecule has 0 N–H and O–H groups in total. The number of hydrogen-bond acceptors (Lipinski definition) is 3. The molecule has 1 aromatic rings. The quantitative estimate of drug-likeness (QED) is 0.819. The molecule has 0 aromatic carbocycles. The van der Waals surface area contributed by atoms with Crippen LogP contribution in [-0.2, 0) is 6.54 Å².